The van der Waals surface area contributed by atoms with E-state index in [0.717, 1.165) is 0 Å². The van der Waals surface area contributed by atoms with Crippen molar-refractivity contribution < 1.29 is 9.59 Å². The third kappa shape index (κ3) is 4.23. The van der Waals surface area contributed by atoms with Gasteiger partial charge in [0, 0.05) is 17.3 Å². The lowest BCUT2D eigenvalue weighted by Crippen LogP contribution is -2.14. The van der Waals surface area contributed by atoms with Crippen molar-refractivity contribution in [3.8, 4) is 0 Å². The van der Waals surface area contributed by atoms with Gasteiger partial charge in [0.15, 0.2) is 5.78 Å². The highest BCUT2D eigenvalue weighted by Gasteiger charge is 2.10. The number of rotatable bonds is 5. The highest BCUT2D eigenvalue weighted by molar-refractivity contribution is 6.33. The van der Waals surface area contributed by atoms with Gasteiger partial charge in [0.1, 0.15) is 17.8 Å². The molecule has 0 saturated carbocycles. The van der Waals surface area contributed by atoms with Crippen LogP contribution in [0.2, 0.25) is 5.02 Å². The van der Waals surface area contributed by atoms with Crippen molar-refractivity contribution >= 4 is 40.5 Å². The number of nitrogens with zero attached hydrogens (tertiary/aromatic N) is 2. The van der Waals surface area contributed by atoms with E-state index >= 15 is 0 Å². The average Bonchev–Trinajstić information content (AvgIpc) is 2.64. The quantitative estimate of drug-likeness (QED) is 0.656. The van der Waals surface area contributed by atoms with Crippen molar-refractivity contribution in [2.45, 2.75) is 6.92 Å². The first-order valence-electron chi connectivity index (χ1n) is 7.79. The highest BCUT2D eigenvalue weighted by Crippen LogP contribution is 2.24. The number of para-hydroxylation sites is 1. The lowest BCUT2D eigenvalue weighted by Gasteiger charge is -2.09. The van der Waals surface area contributed by atoms with Crippen LogP contribution >= 0.6 is 11.6 Å². The predicted molar refractivity (Wildman–Crippen MR) is 101 cm³/mol. The fourth-order valence-electron chi connectivity index (χ4n) is 2.23. The normalized spacial score (nSPS) is 10.2. The van der Waals surface area contributed by atoms with Gasteiger partial charge in [-0.15, -0.1) is 0 Å². The zero-order chi connectivity index (χ0) is 18.5. The van der Waals surface area contributed by atoms with Crippen LogP contribution in [0.4, 0.5) is 17.2 Å². The molecule has 0 bridgehead atoms. The van der Waals surface area contributed by atoms with Gasteiger partial charge in [-0.2, -0.15) is 0 Å². The summed E-state index contributed by atoms with van der Waals surface area (Å²) >= 11 is 6.11. The maximum atomic E-state index is 12.4. The molecule has 2 N–H and O–H groups in total. The van der Waals surface area contributed by atoms with Crippen molar-refractivity contribution in [3.63, 3.8) is 0 Å². The molecule has 1 amide bonds. The summed E-state index contributed by atoms with van der Waals surface area (Å²) in [7, 11) is 0. The fourth-order valence-corrected chi connectivity index (χ4v) is 2.42. The van der Waals surface area contributed by atoms with E-state index in [4.69, 9.17) is 11.6 Å². The third-order valence-corrected chi connectivity index (χ3v) is 3.92. The summed E-state index contributed by atoms with van der Waals surface area (Å²) in [4.78, 5) is 31.8. The van der Waals surface area contributed by atoms with E-state index in [1.807, 2.05) is 12.1 Å². The summed E-state index contributed by atoms with van der Waals surface area (Å²) in [5.41, 5.74) is 2.03. The average molecular weight is 367 g/mol. The number of aromatic nitrogens is 2. The van der Waals surface area contributed by atoms with Gasteiger partial charge in [0.05, 0.1) is 10.7 Å². The first-order valence-corrected chi connectivity index (χ1v) is 8.16. The standard InChI is InChI=1S/C19H15ClN4O2/c1-12(25)13-6-8-14(9-7-13)23-19(26)17-10-18(22-11-21-17)24-16-5-3-2-4-15(16)20/h2-11H,1H3,(H,23,26)(H,21,22,24). The smallest absolute Gasteiger partial charge is 0.274 e. The summed E-state index contributed by atoms with van der Waals surface area (Å²) in [6.45, 7) is 1.49. The van der Waals surface area contributed by atoms with Gasteiger partial charge in [0.25, 0.3) is 5.91 Å². The van der Waals surface area contributed by atoms with E-state index in [1.165, 1.54) is 19.3 Å². The molecular weight excluding hydrogens is 352 g/mol. The molecule has 3 aromatic rings. The van der Waals surface area contributed by atoms with Gasteiger partial charge in [0.2, 0.25) is 0 Å². The van der Waals surface area contributed by atoms with Gasteiger partial charge in [-0.25, -0.2) is 9.97 Å². The number of amides is 1. The molecule has 0 fully saturated rings. The van der Waals surface area contributed by atoms with Crippen LogP contribution in [0.25, 0.3) is 0 Å². The topological polar surface area (TPSA) is 84.0 Å². The number of anilines is 3. The van der Waals surface area contributed by atoms with E-state index in [2.05, 4.69) is 20.6 Å². The molecule has 130 valence electrons. The highest BCUT2D eigenvalue weighted by atomic mass is 35.5. The van der Waals surface area contributed by atoms with Crippen LogP contribution in [0.1, 0.15) is 27.8 Å². The van der Waals surface area contributed by atoms with Crippen molar-refractivity contribution in [3.05, 3.63) is 77.2 Å². The Kier molecular flexibility index (Phi) is 5.24. The van der Waals surface area contributed by atoms with Gasteiger partial charge < -0.3 is 10.6 Å². The molecule has 0 aliphatic carbocycles. The lowest BCUT2D eigenvalue weighted by atomic mass is 10.1. The number of hydrogen-bond acceptors (Lipinski definition) is 5. The molecule has 1 aromatic heterocycles. The zero-order valence-electron chi connectivity index (χ0n) is 13.9. The second kappa shape index (κ2) is 7.76. The Morgan fingerprint density at radius 2 is 1.73 bits per heavy atom. The lowest BCUT2D eigenvalue weighted by molar-refractivity contribution is 0.101. The van der Waals surface area contributed by atoms with E-state index < -0.39 is 0 Å². The Balaban J connectivity index is 1.74. The molecule has 0 aliphatic rings. The molecule has 1 heterocycles. The molecule has 0 spiro atoms. The van der Waals surface area contributed by atoms with Crippen LogP contribution in [0.3, 0.4) is 0 Å². The molecule has 0 unspecified atom stereocenters. The second-order valence-electron chi connectivity index (χ2n) is 5.48. The summed E-state index contributed by atoms with van der Waals surface area (Å²) in [6, 6.07) is 15.4. The third-order valence-electron chi connectivity index (χ3n) is 3.59. The summed E-state index contributed by atoms with van der Waals surface area (Å²) < 4.78 is 0. The molecule has 26 heavy (non-hydrogen) atoms. The van der Waals surface area contributed by atoms with Gasteiger partial charge >= 0.3 is 0 Å². The minimum absolute atomic E-state index is 0.0334. The number of ketones is 1. The molecule has 0 saturated heterocycles. The van der Waals surface area contributed by atoms with Crippen LogP contribution in [-0.4, -0.2) is 21.7 Å². The molecule has 0 radical (unpaired) electrons. The number of carbonyl (C=O) groups is 2. The number of carbonyl (C=O) groups excluding carboxylic acids is 2. The molecule has 0 aliphatic heterocycles. The van der Waals surface area contributed by atoms with Crippen LogP contribution < -0.4 is 10.6 Å². The number of halogens is 1. The Morgan fingerprint density at radius 3 is 2.42 bits per heavy atom. The number of hydrogen-bond donors (Lipinski definition) is 2. The number of benzene rings is 2. The van der Waals surface area contributed by atoms with Crippen LogP contribution in [0.15, 0.2) is 60.9 Å². The largest absolute Gasteiger partial charge is 0.339 e. The van der Waals surface area contributed by atoms with Crippen molar-refractivity contribution in [2.75, 3.05) is 10.6 Å². The minimum Gasteiger partial charge on any atom is -0.339 e. The summed E-state index contributed by atoms with van der Waals surface area (Å²) in [5, 5.41) is 6.33. The maximum Gasteiger partial charge on any atom is 0.274 e. The first-order chi connectivity index (χ1) is 12.5. The number of nitrogens with one attached hydrogen (secondary N) is 2. The zero-order valence-corrected chi connectivity index (χ0v) is 14.6. The summed E-state index contributed by atoms with van der Waals surface area (Å²) in [5.74, 6) is 0.0318. The molecule has 7 heteroatoms. The van der Waals surface area contributed by atoms with Crippen molar-refractivity contribution in [2.24, 2.45) is 0 Å². The minimum atomic E-state index is -0.384. The Bertz CT molecular complexity index is 958. The van der Waals surface area contributed by atoms with Crippen molar-refractivity contribution in [1.82, 2.24) is 9.97 Å². The van der Waals surface area contributed by atoms with E-state index in [1.54, 1.807) is 36.4 Å². The molecule has 2 aromatic carbocycles. The van der Waals surface area contributed by atoms with E-state index in [9.17, 15) is 9.59 Å². The Morgan fingerprint density at radius 1 is 1.00 bits per heavy atom. The molecule has 6 nitrogen and oxygen atoms in total. The molecule has 0 atom stereocenters. The SMILES string of the molecule is CC(=O)c1ccc(NC(=O)c2cc(Nc3ccccc3Cl)ncn2)cc1. The molecular formula is C19H15ClN4O2. The van der Waals surface area contributed by atoms with E-state index in [-0.39, 0.29) is 17.4 Å². The maximum absolute atomic E-state index is 12.4. The Labute approximate surface area is 155 Å². The number of Topliss-reactive ketones (excluding diaryl/α,β-unsaturated/α-hetero) is 1. The van der Waals surface area contributed by atoms with Crippen LogP contribution in [0, 0.1) is 0 Å². The molecule has 3 rings (SSSR count). The fraction of sp³-hybridized carbons (Fsp3) is 0.0526. The monoisotopic (exact) mass is 366 g/mol. The van der Waals surface area contributed by atoms with Crippen LogP contribution in [0.5, 0.6) is 0 Å². The van der Waals surface area contributed by atoms with Gasteiger partial charge in [-0.3, -0.25) is 9.59 Å². The van der Waals surface area contributed by atoms with Gasteiger partial charge in [-0.1, -0.05) is 23.7 Å². The van der Waals surface area contributed by atoms with Crippen molar-refractivity contribution in [1.29, 1.82) is 0 Å². The summed E-state index contributed by atoms with van der Waals surface area (Å²) in [6.07, 6.45) is 1.30. The predicted octanol–water partition coefficient (Wildman–Crippen LogP) is 4.33. The second-order valence-corrected chi connectivity index (χ2v) is 5.89. The van der Waals surface area contributed by atoms with E-state index in [0.29, 0.717) is 27.8 Å². The van der Waals surface area contributed by atoms with Gasteiger partial charge in [-0.05, 0) is 43.3 Å². The Hall–Kier alpha value is -3.25. The first kappa shape index (κ1) is 17.6. The van der Waals surface area contributed by atoms with Crippen LogP contribution in [-0.2, 0) is 0 Å².